The van der Waals surface area contributed by atoms with E-state index < -0.39 is 0 Å². The predicted molar refractivity (Wildman–Crippen MR) is 128 cm³/mol. The summed E-state index contributed by atoms with van der Waals surface area (Å²) < 4.78 is 0. The van der Waals surface area contributed by atoms with Crippen LogP contribution < -0.4 is 15.5 Å². The van der Waals surface area contributed by atoms with Crippen molar-refractivity contribution in [3.05, 3.63) is 65.2 Å². The van der Waals surface area contributed by atoms with E-state index in [0.717, 1.165) is 43.3 Å². The molecule has 2 aromatic rings. The standard InChI is InChI=1S/C25H35N5O/c1-19(2)29(4)18-22-9-6-5-8-21(22)17-28-25(26-3)27-16-20-11-13-23(14-12-20)30-15-7-10-24(30)31/h5-6,8-9,11-14,19H,7,10,15-18H2,1-4H3,(H2,26,27,28). The van der Waals surface area contributed by atoms with Gasteiger partial charge in [-0.25, -0.2) is 0 Å². The zero-order valence-corrected chi connectivity index (χ0v) is 19.2. The van der Waals surface area contributed by atoms with Gasteiger partial charge in [0.05, 0.1) is 0 Å². The zero-order valence-electron chi connectivity index (χ0n) is 19.2. The number of hydrogen-bond donors (Lipinski definition) is 2. The van der Waals surface area contributed by atoms with Gasteiger partial charge in [0.2, 0.25) is 5.91 Å². The van der Waals surface area contributed by atoms with Crippen molar-refractivity contribution in [2.24, 2.45) is 4.99 Å². The van der Waals surface area contributed by atoms with Crippen LogP contribution in [0.1, 0.15) is 43.4 Å². The highest BCUT2D eigenvalue weighted by Crippen LogP contribution is 2.21. The van der Waals surface area contributed by atoms with Gasteiger partial charge in [-0.1, -0.05) is 36.4 Å². The molecule has 0 aromatic heterocycles. The van der Waals surface area contributed by atoms with Crippen LogP contribution in [0.3, 0.4) is 0 Å². The van der Waals surface area contributed by atoms with Crippen molar-refractivity contribution in [2.75, 3.05) is 25.5 Å². The highest BCUT2D eigenvalue weighted by atomic mass is 16.2. The molecule has 0 spiro atoms. The molecule has 6 nitrogen and oxygen atoms in total. The van der Waals surface area contributed by atoms with Gasteiger partial charge in [0.15, 0.2) is 5.96 Å². The Morgan fingerprint density at radius 3 is 2.35 bits per heavy atom. The van der Waals surface area contributed by atoms with E-state index >= 15 is 0 Å². The summed E-state index contributed by atoms with van der Waals surface area (Å²) in [5.74, 6) is 0.987. The minimum Gasteiger partial charge on any atom is -0.352 e. The fraction of sp³-hybridized carbons (Fsp3) is 0.440. The van der Waals surface area contributed by atoms with Gasteiger partial charge >= 0.3 is 0 Å². The van der Waals surface area contributed by atoms with Gasteiger partial charge in [-0.05, 0) is 56.1 Å². The monoisotopic (exact) mass is 421 g/mol. The number of benzene rings is 2. The molecule has 0 atom stereocenters. The molecule has 1 saturated heterocycles. The van der Waals surface area contributed by atoms with Crippen LogP contribution in [0.15, 0.2) is 53.5 Å². The first-order valence-electron chi connectivity index (χ1n) is 11.1. The predicted octanol–water partition coefficient (Wildman–Crippen LogP) is 3.52. The molecule has 2 aromatic carbocycles. The van der Waals surface area contributed by atoms with Crippen LogP contribution >= 0.6 is 0 Å². The van der Waals surface area contributed by atoms with Crippen LogP contribution in [0.4, 0.5) is 5.69 Å². The van der Waals surface area contributed by atoms with E-state index in [-0.39, 0.29) is 5.91 Å². The smallest absolute Gasteiger partial charge is 0.227 e. The first kappa shape index (κ1) is 22.8. The molecule has 31 heavy (non-hydrogen) atoms. The Labute approximate surface area is 186 Å². The molecular formula is C25H35N5O. The molecule has 1 aliphatic heterocycles. The minimum absolute atomic E-state index is 0.218. The highest BCUT2D eigenvalue weighted by molar-refractivity contribution is 5.95. The van der Waals surface area contributed by atoms with E-state index in [1.54, 1.807) is 7.05 Å². The fourth-order valence-electron chi connectivity index (χ4n) is 3.64. The van der Waals surface area contributed by atoms with Gasteiger partial charge < -0.3 is 15.5 Å². The molecule has 0 bridgehead atoms. The largest absolute Gasteiger partial charge is 0.352 e. The van der Waals surface area contributed by atoms with E-state index in [9.17, 15) is 4.79 Å². The second-order valence-corrected chi connectivity index (χ2v) is 8.37. The Hall–Kier alpha value is -2.86. The second kappa shape index (κ2) is 11.0. The Kier molecular flexibility index (Phi) is 8.06. The number of anilines is 1. The highest BCUT2D eigenvalue weighted by Gasteiger charge is 2.21. The molecule has 6 heteroatoms. The Bertz CT molecular complexity index is 891. The Morgan fingerprint density at radius 1 is 1.06 bits per heavy atom. The number of nitrogens with one attached hydrogen (secondary N) is 2. The number of rotatable bonds is 8. The normalized spacial score (nSPS) is 14.6. The van der Waals surface area contributed by atoms with Crippen LogP contribution in [-0.4, -0.2) is 43.4 Å². The van der Waals surface area contributed by atoms with Crippen molar-refractivity contribution >= 4 is 17.6 Å². The van der Waals surface area contributed by atoms with E-state index in [2.05, 4.69) is 77.8 Å². The first-order chi connectivity index (χ1) is 15.0. The molecule has 1 aliphatic rings. The third-order valence-corrected chi connectivity index (χ3v) is 5.87. The molecule has 1 heterocycles. The van der Waals surface area contributed by atoms with E-state index in [1.807, 2.05) is 17.0 Å². The van der Waals surface area contributed by atoms with E-state index in [4.69, 9.17) is 0 Å². The Balaban J connectivity index is 1.53. The average molecular weight is 422 g/mol. The number of aliphatic imine (C=N–C) groups is 1. The van der Waals surface area contributed by atoms with Crippen molar-refractivity contribution < 1.29 is 4.79 Å². The fourth-order valence-corrected chi connectivity index (χ4v) is 3.64. The van der Waals surface area contributed by atoms with Crippen molar-refractivity contribution in [3.8, 4) is 0 Å². The van der Waals surface area contributed by atoms with Gasteiger partial charge in [0, 0.05) is 51.4 Å². The molecular weight excluding hydrogens is 386 g/mol. The van der Waals surface area contributed by atoms with Crippen molar-refractivity contribution in [1.29, 1.82) is 0 Å². The van der Waals surface area contributed by atoms with Gasteiger partial charge in [-0.15, -0.1) is 0 Å². The summed E-state index contributed by atoms with van der Waals surface area (Å²) in [5.41, 5.74) is 4.74. The lowest BCUT2D eigenvalue weighted by molar-refractivity contribution is -0.117. The van der Waals surface area contributed by atoms with Crippen LogP contribution in [0, 0.1) is 0 Å². The lowest BCUT2D eigenvalue weighted by Crippen LogP contribution is -2.36. The summed E-state index contributed by atoms with van der Waals surface area (Å²) in [7, 11) is 3.94. The number of carbonyl (C=O) groups excluding carboxylic acids is 1. The van der Waals surface area contributed by atoms with E-state index in [1.165, 1.54) is 11.1 Å². The molecule has 1 amide bonds. The van der Waals surface area contributed by atoms with Crippen LogP contribution in [-0.2, 0) is 24.4 Å². The van der Waals surface area contributed by atoms with Gasteiger partial charge in [0.25, 0.3) is 0 Å². The minimum atomic E-state index is 0.218. The molecule has 0 saturated carbocycles. The first-order valence-corrected chi connectivity index (χ1v) is 11.1. The lowest BCUT2D eigenvalue weighted by atomic mass is 10.1. The number of amides is 1. The zero-order chi connectivity index (χ0) is 22.2. The van der Waals surface area contributed by atoms with Crippen LogP contribution in [0.5, 0.6) is 0 Å². The molecule has 3 rings (SSSR count). The topological polar surface area (TPSA) is 60.0 Å². The maximum absolute atomic E-state index is 11.9. The lowest BCUT2D eigenvalue weighted by Gasteiger charge is -2.23. The van der Waals surface area contributed by atoms with Crippen molar-refractivity contribution in [1.82, 2.24) is 15.5 Å². The SMILES string of the molecule is CN=C(NCc1ccc(N2CCCC2=O)cc1)NCc1ccccc1CN(C)C(C)C. The van der Waals surface area contributed by atoms with E-state index in [0.29, 0.717) is 19.0 Å². The third-order valence-electron chi connectivity index (χ3n) is 5.87. The molecule has 0 aliphatic carbocycles. The summed E-state index contributed by atoms with van der Waals surface area (Å²) in [4.78, 5) is 20.5. The van der Waals surface area contributed by atoms with Crippen LogP contribution in [0.25, 0.3) is 0 Å². The molecule has 0 radical (unpaired) electrons. The number of nitrogens with zero attached hydrogens (tertiary/aromatic N) is 3. The molecule has 1 fully saturated rings. The average Bonchev–Trinajstić information content (AvgIpc) is 3.21. The summed E-state index contributed by atoms with van der Waals surface area (Å²) >= 11 is 0. The third kappa shape index (κ3) is 6.31. The summed E-state index contributed by atoms with van der Waals surface area (Å²) in [6.45, 7) is 7.56. The van der Waals surface area contributed by atoms with Gasteiger partial charge in [-0.2, -0.15) is 0 Å². The van der Waals surface area contributed by atoms with Gasteiger partial charge in [-0.3, -0.25) is 14.7 Å². The molecule has 0 unspecified atom stereocenters. The number of hydrogen-bond acceptors (Lipinski definition) is 3. The van der Waals surface area contributed by atoms with Crippen molar-refractivity contribution in [3.63, 3.8) is 0 Å². The number of guanidine groups is 1. The molecule has 166 valence electrons. The summed E-state index contributed by atoms with van der Waals surface area (Å²) in [6, 6.07) is 17.2. The summed E-state index contributed by atoms with van der Waals surface area (Å²) in [6.07, 6.45) is 1.60. The molecule has 2 N–H and O–H groups in total. The Morgan fingerprint density at radius 2 is 1.74 bits per heavy atom. The van der Waals surface area contributed by atoms with Gasteiger partial charge in [0.1, 0.15) is 0 Å². The summed E-state index contributed by atoms with van der Waals surface area (Å²) in [5, 5.41) is 6.81. The van der Waals surface area contributed by atoms with Crippen molar-refractivity contribution in [2.45, 2.75) is 52.4 Å². The number of carbonyl (C=O) groups is 1. The second-order valence-electron chi connectivity index (χ2n) is 8.37. The maximum Gasteiger partial charge on any atom is 0.227 e. The quantitative estimate of drug-likeness (QED) is 0.506. The van der Waals surface area contributed by atoms with Crippen LogP contribution in [0.2, 0.25) is 0 Å². The maximum atomic E-state index is 11.9.